The normalized spacial score (nSPS) is 12.8. The van der Waals surface area contributed by atoms with Crippen molar-refractivity contribution in [3.63, 3.8) is 0 Å². The van der Waals surface area contributed by atoms with Crippen LogP contribution in [0.25, 0.3) is 0 Å². The van der Waals surface area contributed by atoms with E-state index in [1.807, 2.05) is 12.1 Å². The fourth-order valence-electron chi connectivity index (χ4n) is 1.47. The van der Waals surface area contributed by atoms with Crippen LogP contribution < -0.4 is 5.73 Å². The number of hydrogen-bond acceptors (Lipinski definition) is 3. The monoisotopic (exact) mass is 180 g/mol. The highest BCUT2D eigenvalue weighted by Gasteiger charge is 2.08. The molecule has 0 bridgehead atoms. The molecule has 0 saturated heterocycles. The van der Waals surface area contributed by atoms with Crippen molar-refractivity contribution in [1.82, 2.24) is 4.98 Å². The minimum absolute atomic E-state index is 0.215. The molecule has 3 heteroatoms. The first-order valence-electron chi connectivity index (χ1n) is 4.59. The summed E-state index contributed by atoms with van der Waals surface area (Å²) >= 11 is 0. The largest absolute Gasteiger partial charge is 0.396 e. The summed E-state index contributed by atoms with van der Waals surface area (Å²) in [5, 5.41) is 8.87. The second kappa shape index (κ2) is 5.67. The van der Waals surface area contributed by atoms with Gasteiger partial charge in [0.25, 0.3) is 0 Å². The van der Waals surface area contributed by atoms with Crippen LogP contribution in [0.4, 0.5) is 0 Å². The highest BCUT2D eigenvalue weighted by atomic mass is 16.3. The summed E-state index contributed by atoms with van der Waals surface area (Å²) in [4.78, 5) is 3.95. The van der Waals surface area contributed by atoms with E-state index in [1.54, 1.807) is 12.4 Å². The third-order valence-electron chi connectivity index (χ3n) is 2.17. The SMILES string of the molecule is NCCC(CCO)c1ccncc1. The Balaban J connectivity index is 2.64. The summed E-state index contributed by atoms with van der Waals surface area (Å²) < 4.78 is 0. The first kappa shape index (κ1) is 10.2. The lowest BCUT2D eigenvalue weighted by Crippen LogP contribution is -2.09. The molecular formula is C10H16N2O. The molecule has 1 atom stereocenters. The standard InChI is InChI=1S/C10H16N2O/c11-5-1-9(4-8-13)10-2-6-12-7-3-10/h2-3,6-7,9,13H,1,4-5,8,11H2. The molecule has 0 aliphatic carbocycles. The quantitative estimate of drug-likeness (QED) is 0.707. The number of aliphatic hydroxyl groups excluding tert-OH is 1. The van der Waals surface area contributed by atoms with Gasteiger partial charge in [-0.05, 0) is 43.0 Å². The van der Waals surface area contributed by atoms with E-state index in [4.69, 9.17) is 10.8 Å². The Morgan fingerprint density at radius 1 is 1.31 bits per heavy atom. The van der Waals surface area contributed by atoms with Crippen LogP contribution in [0.15, 0.2) is 24.5 Å². The van der Waals surface area contributed by atoms with Gasteiger partial charge in [0, 0.05) is 19.0 Å². The van der Waals surface area contributed by atoms with Gasteiger partial charge in [-0.3, -0.25) is 4.98 Å². The molecule has 0 radical (unpaired) electrons. The minimum Gasteiger partial charge on any atom is -0.396 e. The van der Waals surface area contributed by atoms with E-state index in [1.165, 1.54) is 5.56 Å². The third kappa shape index (κ3) is 3.13. The van der Waals surface area contributed by atoms with E-state index in [-0.39, 0.29) is 6.61 Å². The molecular weight excluding hydrogens is 164 g/mol. The minimum atomic E-state index is 0.215. The Bertz CT molecular complexity index is 220. The number of aromatic nitrogens is 1. The lowest BCUT2D eigenvalue weighted by molar-refractivity contribution is 0.273. The summed E-state index contributed by atoms with van der Waals surface area (Å²) in [5.74, 6) is 0.373. The van der Waals surface area contributed by atoms with Crippen LogP contribution in [0.2, 0.25) is 0 Å². The van der Waals surface area contributed by atoms with Crippen LogP contribution in [0.3, 0.4) is 0 Å². The van der Waals surface area contributed by atoms with Crippen molar-refractivity contribution in [2.45, 2.75) is 18.8 Å². The zero-order chi connectivity index (χ0) is 9.52. The Kier molecular flexibility index (Phi) is 4.43. The smallest absolute Gasteiger partial charge is 0.0436 e. The fourth-order valence-corrected chi connectivity index (χ4v) is 1.47. The molecule has 0 aliphatic rings. The molecule has 1 rings (SSSR count). The van der Waals surface area contributed by atoms with Crippen LogP contribution in [-0.4, -0.2) is 23.2 Å². The summed E-state index contributed by atoms with van der Waals surface area (Å²) in [7, 11) is 0. The van der Waals surface area contributed by atoms with Gasteiger partial charge in [0.05, 0.1) is 0 Å². The number of rotatable bonds is 5. The van der Waals surface area contributed by atoms with Crippen molar-refractivity contribution < 1.29 is 5.11 Å². The maximum Gasteiger partial charge on any atom is 0.0436 e. The van der Waals surface area contributed by atoms with Crippen molar-refractivity contribution in [3.8, 4) is 0 Å². The number of pyridine rings is 1. The Morgan fingerprint density at radius 2 is 2.00 bits per heavy atom. The molecule has 1 heterocycles. The molecule has 0 aromatic carbocycles. The van der Waals surface area contributed by atoms with Gasteiger partial charge in [-0.2, -0.15) is 0 Å². The van der Waals surface area contributed by atoms with E-state index < -0.39 is 0 Å². The second-order valence-electron chi connectivity index (χ2n) is 3.07. The van der Waals surface area contributed by atoms with Crippen LogP contribution in [-0.2, 0) is 0 Å². The molecule has 1 aromatic heterocycles. The van der Waals surface area contributed by atoms with Crippen LogP contribution in [0.5, 0.6) is 0 Å². The molecule has 1 aromatic rings. The van der Waals surface area contributed by atoms with E-state index in [0.717, 1.165) is 12.8 Å². The molecule has 0 amide bonds. The first-order chi connectivity index (χ1) is 6.38. The van der Waals surface area contributed by atoms with Gasteiger partial charge < -0.3 is 10.8 Å². The average molecular weight is 180 g/mol. The molecule has 13 heavy (non-hydrogen) atoms. The number of hydrogen-bond donors (Lipinski definition) is 2. The maximum atomic E-state index is 8.87. The molecule has 72 valence electrons. The molecule has 0 fully saturated rings. The summed E-state index contributed by atoms with van der Waals surface area (Å²) in [6.07, 6.45) is 5.25. The van der Waals surface area contributed by atoms with E-state index in [9.17, 15) is 0 Å². The Labute approximate surface area is 78.6 Å². The molecule has 0 spiro atoms. The van der Waals surface area contributed by atoms with Crippen LogP contribution in [0, 0.1) is 0 Å². The molecule has 3 N–H and O–H groups in total. The topological polar surface area (TPSA) is 59.1 Å². The van der Waals surface area contributed by atoms with Gasteiger partial charge in [-0.1, -0.05) is 0 Å². The first-order valence-corrected chi connectivity index (χ1v) is 4.59. The lowest BCUT2D eigenvalue weighted by atomic mass is 9.94. The van der Waals surface area contributed by atoms with Gasteiger partial charge in [0.2, 0.25) is 0 Å². The van der Waals surface area contributed by atoms with Crippen LogP contribution >= 0.6 is 0 Å². The Morgan fingerprint density at radius 3 is 2.54 bits per heavy atom. The second-order valence-corrected chi connectivity index (χ2v) is 3.07. The highest BCUT2D eigenvalue weighted by molar-refractivity contribution is 5.15. The number of aliphatic hydroxyl groups is 1. The third-order valence-corrected chi connectivity index (χ3v) is 2.17. The average Bonchev–Trinajstić information content (AvgIpc) is 2.19. The predicted molar refractivity (Wildman–Crippen MR) is 52.4 cm³/mol. The molecule has 0 saturated carbocycles. The van der Waals surface area contributed by atoms with E-state index >= 15 is 0 Å². The van der Waals surface area contributed by atoms with Crippen molar-refractivity contribution in [2.75, 3.05) is 13.2 Å². The number of nitrogens with zero attached hydrogens (tertiary/aromatic N) is 1. The maximum absolute atomic E-state index is 8.87. The van der Waals surface area contributed by atoms with Gasteiger partial charge in [0.15, 0.2) is 0 Å². The molecule has 3 nitrogen and oxygen atoms in total. The zero-order valence-electron chi connectivity index (χ0n) is 7.69. The van der Waals surface area contributed by atoms with Crippen LogP contribution in [0.1, 0.15) is 24.3 Å². The van der Waals surface area contributed by atoms with Gasteiger partial charge >= 0.3 is 0 Å². The summed E-state index contributed by atoms with van der Waals surface area (Å²) in [6, 6.07) is 3.96. The van der Waals surface area contributed by atoms with Crippen molar-refractivity contribution in [1.29, 1.82) is 0 Å². The summed E-state index contributed by atoms with van der Waals surface area (Å²) in [6.45, 7) is 0.875. The fraction of sp³-hybridized carbons (Fsp3) is 0.500. The predicted octanol–water partition coefficient (Wildman–Crippen LogP) is 0.896. The molecule has 0 aliphatic heterocycles. The van der Waals surface area contributed by atoms with Gasteiger partial charge in [-0.15, -0.1) is 0 Å². The lowest BCUT2D eigenvalue weighted by Gasteiger charge is -2.14. The van der Waals surface area contributed by atoms with E-state index in [0.29, 0.717) is 12.5 Å². The summed E-state index contributed by atoms with van der Waals surface area (Å²) in [5.41, 5.74) is 6.72. The van der Waals surface area contributed by atoms with Gasteiger partial charge in [0.1, 0.15) is 0 Å². The Hall–Kier alpha value is -0.930. The van der Waals surface area contributed by atoms with Crippen molar-refractivity contribution in [2.24, 2.45) is 5.73 Å². The zero-order valence-corrected chi connectivity index (χ0v) is 7.69. The van der Waals surface area contributed by atoms with Crippen molar-refractivity contribution in [3.05, 3.63) is 30.1 Å². The van der Waals surface area contributed by atoms with Gasteiger partial charge in [-0.25, -0.2) is 0 Å². The van der Waals surface area contributed by atoms with E-state index in [2.05, 4.69) is 4.98 Å². The molecule has 1 unspecified atom stereocenters. The highest BCUT2D eigenvalue weighted by Crippen LogP contribution is 2.21. The number of nitrogens with two attached hydrogens (primary N) is 1. The van der Waals surface area contributed by atoms with Crippen molar-refractivity contribution >= 4 is 0 Å².